The standard InChI is InChI=1S/C16H16N6O2/c1-10-8-11(2)22(21-10)14-6-5-12(9-18-14)15(23)19-20-16(24)13-4-3-7-17-13/h3-9,17H,1-2H3,(H,19,23)(H,20,24). The summed E-state index contributed by atoms with van der Waals surface area (Å²) in [5.41, 5.74) is 7.19. The lowest BCUT2D eigenvalue weighted by Gasteiger charge is -2.07. The van der Waals surface area contributed by atoms with Gasteiger partial charge < -0.3 is 4.98 Å². The molecule has 0 saturated carbocycles. The Hall–Kier alpha value is -3.42. The number of hydrazine groups is 1. The fraction of sp³-hybridized carbons (Fsp3) is 0.125. The molecule has 0 aliphatic heterocycles. The minimum Gasteiger partial charge on any atom is -0.357 e. The van der Waals surface area contributed by atoms with E-state index in [1.807, 2.05) is 19.9 Å². The zero-order chi connectivity index (χ0) is 17.1. The number of rotatable bonds is 3. The predicted molar refractivity (Wildman–Crippen MR) is 86.6 cm³/mol. The van der Waals surface area contributed by atoms with Gasteiger partial charge in [0.15, 0.2) is 5.82 Å². The average molecular weight is 324 g/mol. The molecule has 0 aliphatic carbocycles. The number of aromatic nitrogens is 4. The largest absolute Gasteiger partial charge is 0.357 e. The average Bonchev–Trinajstić information content (AvgIpc) is 3.22. The summed E-state index contributed by atoms with van der Waals surface area (Å²) in [6.45, 7) is 3.83. The third-order valence-electron chi connectivity index (χ3n) is 3.37. The Bertz CT molecular complexity index is 865. The van der Waals surface area contributed by atoms with Crippen molar-refractivity contribution in [1.29, 1.82) is 0 Å². The summed E-state index contributed by atoms with van der Waals surface area (Å²) < 4.78 is 1.70. The number of H-pyrrole nitrogens is 1. The van der Waals surface area contributed by atoms with E-state index in [4.69, 9.17) is 0 Å². The van der Waals surface area contributed by atoms with Crippen molar-refractivity contribution in [1.82, 2.24) is 30.6 Å². The first-order chi connectivity index (χ1) is 11.5. The van der Waals surface area contributed by atoms with Crippen LogP contribution in [0.3, 0.4) is 0 Å². The van der Waals surface area contributed by atoms with Crippen molar-refractivity contribution in [3.8, 4) is 5.82 Å². The van der Waals surface area contributed by atoms with Crippen LogP contribution in [0.5, 0.6) is 0 Å². The van der Waals surface area contributed by atoms with Crippen molar-refractivity contribution in [2.45, 2.75) is 13.8 Å². The van der Waals surface area contributed by atoms with E-state index in [9.17, 15) is 9.59 Å². The molecule has 0 fully saturated rings. The highest BCUT2D eigenvalue weighted by Crippen LogP contribution is 2.10. The number of carbonyl (C=O) groups is 2. The number of carbonyl (C=O) groups excluding carboxylic acids is 2. The van der Waals surface area contributed by atoms with Gasteiger partial charge in [-0.3, -0.25) is 20.4 Å². The van der Waals surface area contributed by atoms with E-state index in [-0.39, 0.29) is 0 Å². The molecule has 8 heteroatoms. The smallest absolute Gasteiger partial charge is 0.286 e. The van der Waals surface area contributed by atoms with Crippen LogP contribution < -0.4 is 10.9 Å². The molecule has 0 unspecified atom stereocenters. The Morgan fingerprint density at radius 3 is 2.50 bits per heavy atom. The van der Waals surface area contributed by atoms with Gasteiger partial charge in [0.25, 0.3) is 11.8 Å². The second kappa shape index (κ2) is 6.37. The van der Waals surface area contributed by atoms with Crippen LogP contribution in [0.1, 0.15) is 32.2 Å². The molecular weight excluding hydrogens is 308 g/mol. The molecule has 0 aliphatic rings. The Labute approximate surface area is 137 Å². The van der Waals surface area contributed by atoms with E-state index >= 15 is 0 Å². The van der Waals surface area contributed by atoms with E-state index in [2.05, 4.69) is 25.9 Å². The van der Waals surface area contributed by atoms with Crippen LogP contribution in [0.25, 0.3) is 5.82 Å². The van der Waals surface area contributed by atoms with Crippen molar-refractivity contribution in [2.75, 3.05) is 0 Å². The van der Waals surface area contributed by atoms with Gasteiger partial charge in [0, 0.05) is 18.1 Å². The number of aromatic amines is 1. The number of nitrogens with zero attached hydrogens (tertiary/aromatic N) is 3. The molecule has 0 aromatic carbocycles. The molecule has 0 saturated heterocycles. The molecule has 0 atom stereocenters. The van der Waals surface area contributed by atoms with Crippen molar-refractivity contribution >= 4 is 11.8 Å². The van der Waals surface area contributed by atoms with Crippen LogP contribution >= 0.6 is 0 Å². The summed E-state index contributed by atoms with van der Waals surface area (Å²) in [4.78, 5) is 30.8. The van der Waals surface area contributed by atoms with Crippen LogP contribution in [0.15, 0.2) is 42.7 Å². The molecule has 3 aromatic heterocycles. The third kappa shape index (κ3) is 3.17. The SMILES string of the molecule is Cc1cc(C)n(-c2ccc(C(=O)NNC(=O)c3ccc[nH]3)cn2)n1. The summed E-state index contributed by atoms with van der Waals surface area (Å²) in [6, 6.07) is 8.55. The summed E-state index contributed by atoms with van der Waals surface area (Å²) in [5, 5.41) is 4.34. The van der Waals surface area contributed by atoms with E-state index < -0.39 is 11.8 Å². The maximum atomic E-state index is 12.0. The van der Waals surface area contributed by atoms with Crippen molar-refractivity contribution in [3.05, 3.63) is 65.4 Å². The van der Waals surface area contributed by atoms with E-state index in [0.717, 1.165) is 11.4 Å². The second-order valence-corrected chi connectivity index (χ2v) is 5.24. The second-order valence-electron chi connectivity index (χ2n) is 5.24. The summed E-state index contributed by atoms with van der Waals surface area (Å²) in [6.07, 6.45) is 3.06. The van der Waals surface area contributed by atoms with E-state index in [0.29, 0.717) is 17.1 Å². The lowest BCUT2D eigenvalue weighted by atomic mass is 10.2. The van der Waals surface area contributed by atoms with Crippen LogP contribution in [0.4, 0.5) is 0 Å². The van der Waals surface area contributed by atoms with Gasteiger partial charge in [-0.1, -0.05) is 0 Å². The van der Waals surface area contributed by atoms with Crippen LogP contribution in [-0.2, 0) is 0 Å². The molecule has 0 bridgehead atoms. The fourth-order valence-corrected chi connectivity index (χ4v) is 2.23. The normalized spacial score (nSPS) is 10.4. The van der Waals surface area contributed by atoms with Gasteiger partial charge in [-0.25, -0.2) is 9.67 Å². The van der Waals surface area contributed by atoms with E-state index in [1.165, 1.54) is 6.20 Å². The van der Waals surface area contributed by atoms with Crippen LogP contribution in [0, 0.1) is 13.8 Å². The Morgan fingerprint density at radius 1 is 1.12 bits per heavy atom. The molecule has 3 N–H and O–H groups in total. The highest BCUT2D eigenvalue weighted by atomic mass is 16.2. The van der Waals surface area contributed by atoms with Crippen LogP contribution in [-0.4, -0.2) is 31.6 Å². The number of hydrogen-bond acceptors (Lipinski definition) is 4. The first-order valence-electron chi connectivity index (χ1n) is 7.28. The molecule has 0 radical (unpaired) electrons. The Morgan fingerprint density at radius 2 is 1.92 bits per heavy atom. The third-order valence-corrected chi connectivity index (χ3v) is 3.37. The molecular formula is C16H16N6O2. The van der Waals surface area contributed by atoms with Crippen molar-refractivity contribution in [3.63, 3.8) is 0 Å². The molecule has 3 rings (SSSR count). The predicted octanol–water partition coefficient (Wildman–Crippen LogP) is 1.29. The highest BCUT2D eigenvalue weighted by Gasteiger charge is 2.11. The van der Waals surface area contributed by atoms with Gasteiger partial charge in [-0.05, 0) is 44.2 Å². The lowest BCUT2D eigenvalue weighted by Crippen LogP contribution is -2.41. The van der Waals surface area contributed by atoms with E-state index in [1.54, 1.807) is 35.1 Å². The van der Waals surface area contributed by atoms with Gasteiger partial charge in [0.2, 0.25) is 0 Å². The first-order valence-corrected chi connectivity index (χ1v) is 7.28. The zero-order valence-electron chi connectivity index (χ0n) is 13.2. The molecule has 3 aromatic rings. The minimum absolute atomic E-state index is 0.326. The van der Waals surface area contributed by atoms with Gasteiger partial charge in [0.1, 0.15) is 5.69 Å². The highest BCUT2D eigenvalue weighted by molar-refractivity contribution is 5.98. The summed E-state index contributed by atoms with van der Waals surface area (Å²) in [5.74, 6) is -0.268. The number of hydrogen-bond donors (Lipinski definition) is 3. The van der Waals surface area contributed by atoms with Gasteiger partial charge in [-0.2, -0.15) is 5.10 Å². The lowest BCUT2D eigenvalue weighted by molar-refractivity contribution is 0.0844. The topological polar surface area (TPSA) is 105 Å². The first kappa shape index (κ1) is 15.5. The molecule has 8 nitrogen and oxygen atoms in total. The number of pyridine rings is 1. The monoisotopic (exact) mass is 324 g/mol. The molecule has 24 heavy (non-hydrogen) atoms. The van der Waals surface area contributed by atoms with Crippen molar-refractivity contribution in [2.24, 2.45) is 0 Å². The summed E-state index contributed by atoms with van der Waals surface area (Å²) in [7, 11) is 0. The number of aryl methyl sites for hydroxylation is 2. The Kier molecular flexibility index (Phi) is 4.11. The maximum absolute atomic E-state index is 12.0. The van der Waals surface area contributed by atoms with Crippen molar-refractivity contribution < 1.29 is 9.59 Å². The minimum atomic E-state index is -0.456. The number of amides is 2. The molecule has 3 heterocycles. The molecule has 122 valence electrons. The number of nitrogens with one attached hydrogen (secondary N) is 3. The maximum Gasteiger partial charge on any atom is 0.286 e. The Balaban J connectivity index is 1.66. The molecule has 0 spiro atoms. The summed E-state index contributed by atoms with van der Waals surface area (Å²) >= 11 is 0. The molecule has 2 amide bonds. The van der Waals surface area contributed by atoms with Gasteiger partial charge in [0.05, 0.1) is 11.3 Å². The van der Waals surface area contributed by atoms with Crippen LogP contribution in [0.2, 0.25) is 0 Å². The van der Waals surface area contributed by atoms with Gasteiger partial charge in [-0.15, -0.1) is 0 Å². The zero-order valence-corrected chi connectivity index (χ0v) is 13.2. The fourth-order valence-electron chi connectivity index (χ4n) is 2.23. The van der Waals surface area contributed by atoms with Gasteiger partial charge >= 0.3 is 0 Å². The quantitative estimate of drug-likeness (QED) is 0.631.